The fraction of sp³-hybridized carbons (Fsp3) is 0.111. The first-order valence-electron chi connectivity index (χ1n) is 8.35. The fourth-order valence-corrected chi connectivity index (χ4v) is 4.55. The second kappa shape index (κ2) is 7.90. The normalized spacial score (nSPS) is 16.0. The quantitative estimate of drug-likeness (QED) is 0.619. The molecule has 3 N–H and O–H groups in total. The van der Waals surface area contributed by atoms with Crippen LogP contribution in [-0.4, -0.2) is 28.6 Å². The van der Waals surface area contributed by atoms with Crippen LogP contribution >= 0.6 is 34.3 Å². The molecule has 3 aromatic rings. The largest absolute Gasteiger partial charge is 0.368 e. The molecule has 148 valence electrons. The van der Waals surface area contributed by atoms with Gasteiger partial charge in [-0.15, -0.1) is 22.7 Å². The summed E-state index contributed by atoms with van der Waals surface area (Å²) in [5.41, 5.74) is 6.76. The van der Waals surface area contributed by atoms with E-state index in [-0.39, 0.29) is 12.1 Å². The summed E-state index contributed by atoms with van der Waals surface area (Å²) in [5.74, 6) is -1.53. The minimum Gasteiger partial charge on any atom is -0.368 e. The molecule has 0 aliphatic carbocycles. The number of amides is 2. The van der Waals surface area contributed by atoms with E-state index in [0.29, 0.717) is 20.8 Å². The molecule has 1 aliphatic rings. The lowest BCUT2D eigenvalue weighted by molar-refractivity contribution is -0.119. The van der Waals surface area contributed by atoms with Crippen molar-refractivity contribution in [3.8, 4) is 10.6 Å². The molecule has 1 aliphatic heterocycles. The molecule has 29 heavy (non-hydrogen) atoms. The smallest absolute Gasteiger partial charge is 0.273 e. The molecular weight excluding hydrogens is 437 g/mol. The molecule has 0 saturated carbocycles. The first-order valence-corrected chi connectivity index (χ1v) is 10.4. The second-order valence-corrected chi connectivity index (χ2v) is 8.66. The average Bonchev–Trinajstić information content (AvgIpc) is 3.41. The van der Waals surface area contributed by atoms with Gasteiger partial charge in [-0.05, 0) is 36.4 Å². The molecule has 4 rings (SSSR count). The highest BCUT2D eigenvalue weighted by molar-refractivity contribution is 7.20. The van der Waals surface area contributed by atoms with E-state index in [1.165, 1.54) is 51.9 Å². The summed E-state index contributed by atoms with van der Waals surface area (Å²) in [4.78, 5) is 29.7. The van der Waals surface area contributed by atoms with Gasteiger partial charge >= 0.3 is 0 Å². The number of nitrogens with two attached hydrogens (primary N) is 1. The van der Waals surface area contributed by atoms with E-state index in [9.17, 15) is 14.0 Å². The molecule has 0 spiro atoms. The zero-order chi connectivity index (χ0) is 20.5. The van der Waals surface area contributed by atoms with Crippen LogP contribution in [0, 0.1) is 5.82 Å². The Kier molecular flexibility index (Phi) is 5.31. The summed E-state index contributed by atoms with van der Waals surface area (Å²) in [7, 11) is 0. The Morgan fingerprint density at radius 1 is 1.24 bits per heavy atom. The van der Waals surface area contributed by atoms with Crippen molar-refractivity contribution in [3.05, 3.63) is 51.9 Å². The van der Waals surface area contributed by atoms with Crippen LogP contribution in [0.3, 0.4) is 0 Å². The molecule has 2 aromatic heterocycles. The third-order valence-corrected chi connectivity index (χ3v) is 6.15. The number of primary amides is 1. The maximum absolute atomic E-state index is 13.2. The Hall–Kier alpha value is -2.82. The van der Waals surface area contributed by atoms with Crippen molar-refractivity contribution in [3.63, 3.8) is 0 Å². The number of rotatable bonds is 5. The molecule has 3 heterocycles. The van der Waals surface area contributed by atoms with E-state index in [2.05, 4.69) is 15.4 Å². The Morgan fingerprint density at radius 3 is 2.66 bits per heavy atom. The molecule has 1 aromatic carbocycles. The highest BCUT2D eigenvalue weighted by atomic mass is 35.5. The number of carbonyl (C=O) groups excluding carboxylic acids is 2. The van der Waals surface area contributed by atoms with Gasteiger partial charge in [0.25, 0.3) is 5.91 Å². The first kappa shape index (κ1) is 19.5. The van der Waals surface area contributed by atoms with Gasteiger partial charge in [-0.1, -0.05) is 11.6 Å². The molecule has 0 bridgehead atoms. The number of thiazole rings is 1. The lowest BCUT2D eigenvalue weighted by Crippen LogP contribution is -2.39. The number of anilines is 2. The molecule has 1 unspecified atom stereocenters. The van der Waals surface area contributed by atoms with Gasteiger partial charge in [0.15, 0.2) is 5.13 Å². The van der Waals surface area contributed by atoms with E-state index >= 15 is 0 Å². The lowest BCUT2D eigenvalue weighted by atomic mass is 10.1. The number of benzene rings is 1. The van der Waals surface area contributed by atoms with Crippen molar-refractivity contribution >= 4 is 62.6 Å². The number of halogens is 2. The first-order chi connectivity index (χ1) is 13.9. The predicted molar refractivity (Wildman–Crippen MR) is 113 cm³/mol. The minimum atomic E-state index is -0.832. The predicted octanol–water partition coefficient (Wildman–Crippen LogP) is 3.72. The van der Waals surface area contributed by atoms with Crippen LogP contribution in [0.4, 0.5) is 15.2 Å². The van der Waals surface area contributed by atoms with Crippen LogP contribution in [0.2, 0.25) is 4.34 Å². The van der Waals surface area contributed by atoms with Gasteiger partial charge in [-0.25, -0.2) is 9.37 Å². The van der Waals surface area contributed by atoms with Crippen molar-refractivity contribution in [2.45, 2.75) is 12.5 Å². The molecule has 7 nitrogen and oxygen atoms in total. The highest BCUT2D eigenvalue weighted by Gasteiger charge is 2.35. The number of hydrogen-bond donors (Lipinski definition) is 2. The maximum Gasteiger partial charge on any atom is 0.273 e. The van der Waals surface area contributed by atoms with Gasteiger partial charge in [0.1, 0.15) is 17.6 Å². The SMILES string of the molecule is NC(=O)C1CC(C(=O)Nc2nc(-c3ccc(Cl)s3)cs2)=NN1c1ccc(F)cc1. The van der Waals surface area contributed by atoms with Crippen LogP contribution in [0.1, 0.15) is 6.42 Å². The average molecular weight is 450 g/mol. The summed E-state index contributed by atoms with van der Waals surface area (Å²) in [5, 5.41) is 10.5. The minimum absolute atomic E-state index is 0.0390. The van der Waals surface area contributed by atoms with Crippen LogP contribution in [0.5, 0.6) is 0 Å². The number of nitrogens with zero attached hydrogens (tertiary/aromatic N) is 3. The summed E-state index contributed by atoms with van der Waals surface area (Å²) in [6, 6.07) is 8.22. The van der Waals surface area contributed by atoms with Gasteiger partial charge in [-0.2, -0.15) is 5.10 Å². The van der Waals surface area contributed by atoms with Crippen LogP contribution in [-0.2, 0) is 9.59 Å². The number of aromatic nitrogens is 1. The third kappa shape index (κ3) is 4.14. The number of hydrogen-bond acceptors (Lipinski definition) is 7. The Bertz CT molecular complexity index is 1110. The Balaban J connectivity index is 1.52. The third-order valence-electron chi connectivity index (χ3n) is 4.14. The molecule has 1 atom stereocenters. The zero-order valence-electron chi connectivity index (χ0n) is 14.6. The number of carbonyl (C=O) groups is 2. The Labute approximate surface area is 177 Å². The molecule has 0 saturated heterocycles. The summed E-state index contributed by atoms with van der Waals surface area (Å²) < 4.78 is 13.8. The maximum atomic E-state index is 13.2. The molecule has 0 fully saturated rings. The molecule has 2 amide bonds. The zero-order valence-corrected chi connectivity index (χ0v) is 17.0. The van der Waals surface area contributed by atoms with Crippen molar-refractivity contribution in [2.24, 2.45) is 10.8 Å². The van der Waals surface area contributed by atoms with Crippen LogP contribution in [0.15, 0.2) is 46.9 Å². The van der Waals surface area contributed by atoms with Crippen molar-refractivity contribution < 1.29 is 14.0 Å². The van der Waals surface area contributed by atoms with Gasteiger partial charge in [0.2, 0.25) is 5.91 Å². The number of hydrazone groups is 1. The van der Waals surface area contributed by atoms with Crippen molar-refractivity contribution in [1.29, 1.82) is 0 Å². The number of thiophene rings is 1. The fourth-order valence-electron chi connectivity index (χ4n) is 2.77. The standard InChI is InChI=1S/C18H13ClFN5O2S2/c19-15-6-5-14(29-15)12-8-28-18(22-12)23-17(27)11-7-13(16(21)26)25(24-11)10-3-1-9(20)2-4-10/h1-6,8,13H,7H2,(H2,21,26)(H,22,23,27). The van der Waals surface area contributed by atoms with Crippen molar-refractivity contribution in [1.82, 2.24) is 4.98 Å². The van der Waals surface area contributed by atoms with Gasteiger partial charge in [0.05, 0.1) is 20.6 Å². The monoisotopic (exact) mass is 449 g/mol. The highest BCUT2D eigenvalue weighted by Crippen LogP contribution is 2.33. The van der Waals surface area contributed by atoms with Gasteiger partial charge in [0, 0.05) is 11.8 Å². The van der Waals surface area contributed by atoms with Crippen LogP contribution in [0.25, 0.3) is 10.6 Å². The molecule has 0 radical (unpaired) electrons. The van der Waals surface area contributed by atoms with E-state index in [0.717, 1.165) is 4.88 Å². The molecule has 11 heteroatoms. The van der Waals surface area contributed by atoms with E-state index in [4.69, 9.17) is 17.3 Å². The van der Waals surface area contributed by atoms with Gasteiger partial charge < -0.3 is 5.73 Å². The van der Waals surface area contributed by atoms with Crippen molar-refractivity contribution in [2.75, 3.05) is 10.3 Å². The summed E-state index contributed by atoms with van der Waals surface area (Å²) >= 11 is 8.60. The Morgan fingerprint density at radius 2 is 2.00 bits per heavy atom. The second-order valence-electron chi connectivity index (χ2n) is 6.09. The molecular formula is C18H13ClFN5O2S2. The summed E-state index contributed by atoms with van der Waals surface area (Å²) in [6.07, 6.45) is 0.0390. The number of nitrogens with one attached hydrogen (secondary N) is 1. The van der Waals surface area contributed by atoms with E-state index in [1.807, 2.05) is 11.4 Å². The van der Waals surface area contributed by atoms with Crippen LogP contribution < -0.4 is 16.1 Å². The van der Waals surface area contributed by atoms with E-state index in [1.54, 1.807) is 6.07 Å². The lowest BCUT2D eigenvalue weighted by Gasteiger charge is -2.20. The van der Waals surface area contributed by atoms with Gasteiger partial charge in [-0.3, -0.25) is 19.9 Å². The summed E-state index contributed by atoms with van der Waals surface area (Å²) in [6.45, 7) is 0. The topological polar surface area (TPSA) is 101 Å². The van der Waals surface area contributed by atoms with E-state index < -0.39 is 23.7 Å².